The molecule has 0 spiro atoms. The molecular weight excluding hydrogens is 264 g/mol. The fraction of sp³-hybridized carbons (Fsp3) is 0.375. The van der Waals surface area contributed by atoms with E-state index in [0.29, 0.717) is 12.6 Å². The summed E-state index contributed by atoms with van der Waals surface area (Å²) < 4.78 is 5.16. The predicted octanol–water partition coefficient (Wildman–Crippen LogP) is 3.15. The first-order valence-corrected chi connectivity index (χ1v) is 7.16. The van der Waals surface area contributed by atoms with Crippen LogP contribution in [0.5, 0.6) is 0 Å². The fourth-order valence-electron chi connectivity index (χ4n) is 2.08. The Morgan fingerprint density at radius 3 is 2.76 bits per heavy atom. The van der Waals surface area contributed by atoms with Gasteiger partial charge >= 0.3 is 0 Å². The molecule has 0 aliphatic carbocycles. The zero-order valence-corrected chi connectivity index (χ0v) is 12.8. The van der Waals surface area contributed by atoms with Crippen LogP contribution in [0.4, 0.5) is 17.5 Å². The van der Waals surface area contributed by atoms with Crippen LogP contribution in [0.3, 0.4) is 0 Å². The lowest BCUT2D eigenvalue weighted by molar-refractivity contribution is 0.202. The minimum absolute atomic E-state index is 0.648. The van der Waals surface area contributed by atoms with Gasteiger partial charge in [-0.1, -0.05) is 18.2 Å². The molecule has 0 bridgehead atoms. The Labute approximate surface area is 125 Å². The van der Waals surface area contributed by atoms with Gasteiger partial charge in [0.15, 0.2) is 0 Å². The van der Waals surface area contributed by atoms with Gasteiger partial charge in [-0.15, -0.1) is 0 Å². The summed E-state index contributed by atoms with van der Waals surface area (Å²) in [5, 5.41) is 6.52. The molecule has 2 rings (SSSR count). The summed E-state index contributed by atoms with van der Waals surface area (Å²) in [6, 6.07) is 10.1. The largest absolute Gasteiger partial charge is 0.384 e. The number of rotatable bonds is 7. The molecule has 0 amide bonds. The Bertz CT molecular complexity index is 586. The molecular formula is C16H22N4O. The summed E-state index contributed by atoms with van der Waals surface area (Å²) in [6.45, 7) is 5.49. The highest BCUT2D eigenvalue weighted by Crippen LogP contribution is 2.21. The maximum absolute atomic E-state index is 5.16. The standard InChI is InChI=1S/C16H22N4O/c1-4-17-16-18-12(2)11-15(20-16)19-14-8-6-5-7-13(14)9-10-21-3/h5-8,11H,4,9-10H2,1-3H3,(H2,17,18,19,20). The van der Waals surface area contributed by atoms with Crippen molar-refractivity contribution in [1.82, 2.24) is 9.97 Å². The van der Waals surface area contributed by atoms with Crippen molar-refractivity contribution in [1.29, 1.82) is 0 Å². The molecule has 0 fully saturated rings. The van der Waals surface area contributed by atoms with Crippen LogP contribution in [-0.4, -0.2) is 30.2 Å². The van der Waals surface area contributed by atoms with Gasteiger partial charge in [0.2, 0.25) is 5.95 Å². The van der Waals surface area contributed by atoms with E-state index in [2.05, 4.69) is 32.7 Å². The van der Waals surface area contributed by atoms with E-state index in [1.807, 2.05) is 32.0 Å². The molecule has 0 unspecified atom stereocenters. The molecule has 0 aliphatic heterocycles. The van der Waals surface area contributed by atoms with Crippen LogP contribution in [0.25, 0.3) is 0 Å². The van der Waals surface area contributed by atoms with Gasteiger partial charge in [-0.05, 0) is 31.9 Å². The fourth-order valence-corrected chi connectivity index (χ4v) is 2.08. The lowest BCUT2D eigenvalue weighted by Crippen LogP contribution is -2.06. The van der Waals surface area contributed by atoms with Crippen LogP contribution in [0, 0.1) is 6.92 Å². The Kier molecular flexibility index (Phi) is 5.51. The molecule has 1 heterocycles. The van der Waals surface area contributed by atoms with E-state index >= 15 is 0 Å². The Balaban J connectivity index is 2.21. The van der Waals surface area contributed by atoms with Gasteiger partial charge in [0.05, 0.1) is 6.61 Å². The molecule has 2 N–H and O–H groups in total. The van der Waals surface area contributed by atoms with Crippen molar-refractivity contribution in [2.75, 3.05) is 30.9 Å². The van der Waals surface area contributed by atoms with Crippen LogP contribution in [0.2, 0.25) is 0 Å². The van der Waals surface area contributed by atoms with Crippen molar-refractivity contribution in [2.24, 2.45) is 0 Å². The summed E-state index contributed by atoms with van der Waals surface area (Å²) >= 11 is 0. The van der Waals surface area contributed by atoms with Crippen molar-refractivity contribution >= 4 is 17.5 Å². The molecule has 112 valence electrons. The number of nitrogens with one attached hydrogen (secondary N) is 2. The van der Waals surface area contributed by atoms with Crippen molar-refractivity contribution in [3.8, 4) is 0 Å². The maximum atomic E-state index is 5.16. The van der Waals surface area contributed by atoms with Gasteiger partial charge in [-0.3, -0.25) is 0 Å². The van der Waals surface area contributed by atoms with Crippen LogP contribution >= 0.6 is 0 Å². The number of nitrogens with zero attached hydrogens (tertiary/aromatic N) is 2. The zero-order valence-electron chi connectivity index (χ0n) is 12.8. The number of aryl methyl sites for hydroxylation is 1. The number of para-hydroxylation sites is 1. The van der Waals surface area contributed by atoms with Gasteiger partial charge in [0.1, 0.15) is 5.82 Å². The molecule has 1 aromatic heterocycles. The average Bonchev–Trinajstić information content (AvgIpc) is 2.46. The van der Waals surface area contributed by atoms with E-state index in [0.717, 1.165) is 30.2 Å². The molecule has 0 saturated heterocycles. The molecule has 2 aromatic rings. The SMILES string of the molecule is CCNc1nc(C)cc(Nc2ccccc2CCOC)n1. The summed E-state index contributed by atoms with van der Waals surface area (Å²) in [5.41, 5.74) is 3.19. The minimum Gasteiger partial charge on any atom is -0.384 e. The molecule has 21 heavy (non-hydrogen) atoms. The maximum Gasteiger partial charge on any atom is 0.224 e. The first kappa shape index (κ1) is 15.3. The van der Waals surface area contributed by atoms with E-state index in [1.54, 1.807) is 7.11 Å². The van der Waals surface area contributed by atoms with Crippen molar-refractivity contribution in [2.45, 2.75) is 20.3 Å². The van der Waals surface area contributed by atoms with Crippen molar-refractivity contribution < 1.29 is 4.74 Å². The van der Waals surface area contributed by atoms with E-state index in [4.69, 9.17) is 4.74 Å². The Morgan fingerprint density at radius 2 is 2.00 bits per heavy atom. The van der Waals surface area contributed by atoms with E-state index in [9.17, 15) is 0 Å². The van der Waals surface area contributed by atoms with Gasteiger partial charge in [-0.25, -0.2) is 4.98 Å². The topological polar surface area (TPSA) is 59.1 Å². The second-order valence-corrected chi connectivity index (χ2v) is 4.77. The summed E-state index contributed by atoms with van der Waals surface area (Å²) in [7, 11) is 1.71. The molecule has 5 nitrogen and oxygen atoms in total. The number of benzene rings is 1. The highest BCUT2D eigenvalue weighted by atomic mass is 16.5. The lowest BCUT2D eigenvalue weighted by atomic mass is 10.1. The number of methoxy groups -OCH3 is 1. The van der Waals surface area contributed by atoms with Gasteiger partial charge < -0.3 is 15.4 Å². The highest BCUT2D eigenvalue weighted by Gasteiger charge is 2.05. The van der Waals surface area contributed by atoms with Crippen LogP contribution in [0.15, 0.2) is 30.3 Å². The van der Waals surface area contributed by atoms with Crippen molar-refractivity contribution in [3.63, 3.8) is 0 Å². The molecule has 0 atom stereocenters. The Morgan fingerprint density at radius 1 is 1.19 bits per heavy atom. The van der Waals surface area contributed by atoms with E-state index < -0.39 is 0 Å². The first-order valence-electron chi connectivity index (χ1n) is 7.16. The summed E-state index contributed by atoms with van der Waals surface area (Å²) in [6.07, 6.45) is 0.865. The normalized spacial score (nSPS) is 10.4. The summed E-state index contributed by atoms with van der Waals surface area (Å²) in [5.74, 6) is 1.44. The number of anilines is 3. The third kappa shape index (κ3) is 4.43. The molecule has 1 aromatic carbocycles. The molecule has 0 saturated carbocycles. The van der Waals surface area contributed by atoms with Crippen molar-refractivity contribution in [3.05, 3.63) is 41.6 Å². The number of hydrogen-bond donors (Lipinski definition) is 2. The number of ether oxygens (including phenoxy) is 1. The number of hydrogen-bond acceptors (Lipinski definition) is 5. The summed E-state index contributed by atoms with van der Waals surface area (Å²) in [4.78, 5) is 8.83. The Hall–Kier alpha value is -2.14. The van der Waals surface area contributed by atoms with E-state index in [-0.39, 0.29) is 0 Å². The first-order chi connectivity index (χ1) is 10.2. The van der Waals surface area contributed by atoms with E-state index in [1.165, 1.54) is 5.56 Å². The third-order valence-corrected chi connectivity index (χ3v) is 3.04. The lowest BCUT2D eigenvalue weighted by Gasteiger charge is -2.12. The molecule has 0 aliphatic rings. The van der Waals surface area contributed by atoms with Gasteiger partial charge in [0, 0.05) is 31.1 Å². The predicted molar refractivity (Wildman–Crippen MR) is 86.2 cm³/mol. The molecule has 5 heteroatoms. The monoisotopic (exact) mass is 286 g/mol. The minimum atomic E-state index is 0.648. The van der Waals surface area contributed by atoms with Gasteiger partial charge in [0.25, 0.3) is 0 Å². The van der Waals surface area contributed by atoms with Crippen LogP contribution in [0.1, 0.15) is 18.2 Å². The zero-order chi connectivity index (χ0) is 15.1. The van der Waals surface area contributed by atoms with Crippen LogP contribution < -0.4 is 10.6 Å². The van der Waals surface area contributed by atoms with Gasteiger partial charge in [-0.2, -0.15) is 4.98 Å². The second kappa shape index (κ2) is 7.59. The number of aromatic nitrogens is 2. The quantitative estimate of drug-likeness (QED) is 0.819. The third-order valence-electron chi connectivity index (χ3n) is 3.04. The smallest absolute Gasteiger partial charge is 0.224 e. The second-order valence-electron chi connectivity index (χ2n) is 4.77. The molecule has 0 radical (unpaired) electrons. The van der Waals surface area contributed by atoms with Crippen LogP contribution in [-0.2, 0) is 11.2 Å². The highest BCUT2D eigenvalue weighted by molar-refractivity contribution is 5.61. The average molecular weight is 286 g/mol.